The SMILES string of the molecule is C=CCn1c(SCC(=O)c2ccc(N3CCCC3=O)cc2)nnc1[C@H]1COc2ccccc2O1. The maximum atomic E-state index is 12.8. The lowest BCUT2D eigenvalue weighted by molar-refractivity contribution is -0.117. The minimum atomic E-state index is -0.409. The number of para-hydroxylation sites is 2. The number of aromatic nitrogens is 3. The second-order valence-electron chi connectivity index (χ2n) is 8.01. The summed E-state index contributed by atoms with van der Waals surface area (Å²) in [5.74, 6) is 2.31. The highest BCUT2D eigenvalue weighted by atomic mass is 32.2. The predicted molar refractivity (Wildman–Crippen MR) is 129 cm³/mol. The molecule has 2 aliphatic heterocycles. The Morgan fingerprint density at radius 1 is 1.15 bits per heavy atom. The molecule has 1 atom stereocenters. The third-order valence-corrected chi connectivity index (χ3v) is 6.73. The Labute approximate surface area is 201 Å². The molecule has 2 aliphatic rings. The molecule has 9 heteroatoms. The number of carbonyl (C=O) groups excluding carboxylic acids is 2. The summed E-state index contributed by atoms with van der Waals surface area (Å²) in [6.45, 7) is 5.37. The van der Waals surface area contributed by atoms with Gasteiger partial charge in [-0.1, -0.05) is 30.0 Å². The Hall–Kier alpha value is -3.59. The molecule has 174 valence electrons. The van der Waals surface area contributed by atoms with Gasteiger partial charge in [0.15, 0.2) is 34.4 Å². The van der Waals surface area contributed by atoms with Gasteiger partial charge in [0.25, 0.3) is 0 Å². The number of allylic oxidation sites excluding steroid dienone is 1. The zero-order chi connectivity index (χ0) is 23.5. The van der Waals surface area contributed by atoms with Crippen LogP contribution in [0.2, 0.25) is 0 Å². The first-order chi connectivity index (χ1) is 16.6. The maximum absolute atomic E-state index is 12.8. The topological polar surface area (TPSA) is 86.6 Å². The molecule has 3 aromatic rings. The van der Waals surface area contributed by atoms with Crippen LogP contribution in [-0.4, -0.2) is 45.4 Å². The number of fused-ring (bicyclic) bond motifs is 1. The Kier molecular flexibility index (Phi) is 6.35. The van der Waals surface area contributed by atoms with E-state index in [-0.39, 0.29) is 17.4 Å². The smallest absolute Gasteiger partial charge is 0.227 e. The minimum Gasteiger partial charge on any atom is -0.485 e. The molecule has 0 N–H and O–H groups in total. The quantitative estimate of drug-likeness (QED) is 0.275. The standard InChI is InChI=1S/C25H24N4O4S/c1-2-13-29-24(22-15-32-20-6-3-4-7-21(20)33-22)26-27-25(29)34-16-19(30)17-9-11-18(12-10-17)28-14-5-8-23(28)31/h2-4,6-7,9-12,22H,1,5,8,13-16H2/t22-/m1/s1. The van der Waals surface area contributed by atoms with Crippen LogP contribution in [0.5, 0.6) is 11.5 Å². The highest BCUT2D eigenvalue weighted by Crippen LogP contribution is 2.36. The molecule has 1 saturated heterocycles. The monoisotopic (exact) mass is 476 g/mol. The van der Waals surface area contributed by atoms with Crippen molar-refractivity contribution in [3.63, 3.8) is 0 Å². The van der Waals surface area contributed by atoms with Crippen LogP contribution in [0.4, 0.5) is 5.69 Å². The molecule has 8 nitrogen and oxygen atoms in total. The van der Waals surface area contributed by atoms with Crippen molar-refractivity contribution in [1.29, 1.82) is 0 Å². The Bertz CT molecular complexity index is 1220. The Morgan fingerprint density at radius 3 is 2.68 bits per heavy atom. The van der Waals surface area contributed by atoms with Crippen LogP contribution in [0.15, 0.2) is 66.3 Å². The highest BCUT2D eigenvalue weighted by molar-refractivity contribution is 7.99. The van der Waals surface area contributed by atoms with Crippen LogP contribution in [0.25, 0.3) is 0 Å². The maximum Gasteiger partial charge on any atom is 0.227 e. The van der Waals surface area contributed by atoms with Gasteiger partial charge in [0.05, 0.1) is 5.75 Å². The van der Waals surface area contributed by atoms with Crippen LogP contribution in [0, 0.1) is 0 Å². The summed E-state index contributed by atoms with van der Waals surface area (Å²) in [4.78, 5) is 26.5. The van der Waals surface area contributed by atoms with Crippen molar-refractivity contribution in [2.75, 3.05) is 23.8 Å². The Morgan fingerprint density at radius 2 is 1.94 bits per heavy atom. The lowest BCUT2D eigenvalue weighted by Crippen LogP contribution is -2.25. The summed E-state index contributed by atoms with van der Waals surface area (Å²) in [6, 6.07) is 14.7. The van der Waals surface area contributed by atoms with E-state index in [1.54, 1.807) is 23.1 Å². The molecule has 0 radical (unpaired) electrons. The molecule has 1 amide bonds. The van der Waals surface area contributed by atoms with E-state index in [1.165, 1.54) is 11.8 Å². The van der Waals surface area contributed by atoms with E-state index in [1.807, 2.05) is 41.0 Å². The number of amides is 1. The summed E-state index contributed by atoms with van der Waals surface area (Å²) >= 11 is 1.32. The molecule has 0 aliphatic carbocycles. The molecule has 2 aromatic carbocycles. The highest BCUT2D eigenvalue weighted by Gasteiger charge is 2.28. The summed E-state index contributed by atoms with van der Waals surface area (Å²) in [7, 11) is 0. The van der Waals surface area contributed by atoms with Crippen molar-refractivity contribution < 1.29 is 19.1 Å². The number of ether oxygens (including phenoxy) is 2. The number of nitrogens with zero attached hydrogens (tertiary/aromatic N) is 4. The molecular formula is C25H24N4O4S. The number of ketones is 1. The normalized spacial score (nSPS) is 17.1. The van der Waals surface area contributed by atoms with E-state index >= 15 is 0 Å². The summed E-state index contributed by atoms with van der Waals surface area (Å²) in [5, 5.41) is 9.25. The number of carbonyl (C=O) groups is 2. The van der Waals surface area contributed by atoms with Gasteiger partial charge in [0.1, 0.15) is 6.61 Å². The molecule has 3 heterocycles. The second-order valence-corrected chi connectivity index (χ2v) is 8.95. The molecule has 1 aromatic heterocycles. The van der Waals surface area contributed by atoms with Crippen molar-refractivity contribution in [1.82, 2.24) is 14.8 Å². The molecule has 5 rings (SSSR count). The number of benzene rings is 2. The van der Waals surface area contributed by atoms with E-state index in [0.717, 1.165) is 18.7 Å². The molecule has 0 saturated carbocycles. The van der Waals surface area contributed by atoms with E-state index in [2.05, 4.69) is 16.8 Å². The first-order valence-electron chi connectivity index (χ1n) is 11.1. The van der Waals surface area contributed by atoms with Crippen molar-refractivity contribution >= 4 is 29.1 Å². The fraction of sp³-hybridized carbons (Fsp3) is 0.280. The average molecular weight is 477 g/mol. The van der Waals surface area contributed by atoms with Crippen LogP contribution in [-0.2, 0) is 11.3 Å². The Balaban J connectivity index is 1.27. The van der Waals surface area contributed by atoms with Gasteiger partial charge in [0.2, 0.25) is 5.91 Å². The summed E-state index contributed by atoms with van der Waals surface area (Å²) in [5.41, 5.74) is 1.43. The van der Waals surface area contributed by atoms with Gasteiger partial charge < -0.3 is 14.4 Å². The second kappa shape index (κ2) is 9.72. The van der Waals surface area contributed by atoms with Crippen LogP contribution >= 0.6 is 11.8 Å². The number of hydrogen-bond acceptors (Lipinski definition) is 7. The lowest BCUT2D eigenvalue weighted by atomic mass is 10.1. The van der Waals surface area contributed by atoms with Gasteiger partial charge >= 0.3 is 0 Å². The first-order valence-corrected chi connectivity index (χ1v) is 12.1. The fourth-order valence-corrected chi connectivity index (χ4v) is 4.90. The van der Waals surface area contributed by atoms with Gasteiger partial charge in [-0.25, -0.2) is 0 Å². The van der Waals surface area contributed by atoms with Crippen molar-refractivity contribution in [3.8, 4) is 11.5 Å². The van der Waals surface area contributed by atoms with E-state index in [0.29, 0.717) is 47.6 Å². The van der Waals surface area contributed by atoms with Crippen LogP contribution in [0.1, 0.15) is 35.1 Å². The lowest BCUT2D eigenvalue weighted by Gasteiger charge is -2.26. The summed E-state index contributed by atoms with van der Waals surface area (Å²) in [6.07, 6.45) is 2.80. The molecular weight excluding hydrogens is 452 g/mol. The first kappa shape index (κ1) is 22.2. The third-order valence-electron chi connectivity index (χ3n) is 5.76. The fourth-order valence-electron chi connectivity index (χ4n) is 4.05. The van der Waals surface area contributed by atoms with Gasteiger partial charge in [-0.2, -0.15) is 0 Å². The van der Waals surface area contributed by atoms with Crippen molar-refractivity contribution in [2.24, 2.45) is 0 Å². The molecule has 1 fully saturated rings. The minimum absolute atomic E-state index is 0.0230. The molecule has 34 heavy (non-hydrogen) atoms. The number of anilines is 1. The molecule has 0 bridgehead atoms. The van der Waals surface area contributed by atoms with Gasteiger partial charge in [0, 0.05) is 30.8 Å². The zero-order valence-corrected chi connectivity index (χ0v) is 19.4. The molecule has 0 spiro atoms. The van der Waals surface area contributed by atoms with Gasteiger partial charge in [-0.15, -0.1) is 16.8 Å². The largest absolute Gasteiger partial charge is 0.485 e. The van der Waals surface area contributed by atoms with Gasteiger partial charge in [-0.3, -0.25) is 14.2 Å². The number of thioether (sulfide) groups is 1. The zero-order valence-electron chi connectivity index (χ0n) is 18.6. The number of rotatable bonds is 8. The van der Waals surface area contributed by atoms with E-state index < -0.39 is 6.10 Å². The van der Waals surface area contributed by atoms with E-state index in [9.17, 15) is 9.59 Å². The van der Waals surface area contributed by atoms with Crippen LogP contribution in [0.3, 0.4) is 0 Å². The van der Waals surface area contributed by atoms with Crippen molar-refractivity contribution in [2.45, 2.75) is 30.6 Å². The average Bonchev–Trinajstić information content (AvgIpc) is 3.48. The third kappa shape index (κ3) is 4.43. The van der Waals surface area contributed by atoms with Crippen LogP contribution < -0.4 is 14.4 Å². The number of hydrogen-bond donors (Lipinski definition) is 0. The van der Waals surface area contributed by atoms with Crippen molar-refractivity contribution in [3.05, 3.63) is 72.6 Å². The molecule has 0 unspecified atom stereocenters. The predicted octanol–water partition coefficient (Wildman–Crippen LogP) is 4.08. The van der Waals surface area contributed by atoms with E-state index in [4.69, 9.17) is 9.47 Å². The van der Waals surface area contributed by atoms with Gasteiger partial charge in [-0.05, 0) is 42.8 Å². The summed E-state index contributed by atoms with van der Waals surface area (Å²) < 4.78 is 13.8. The number of Topliss-reactive ketones (excluding diaryl/α,β-unsaturated/α-hetero) is 1.